The van der Waals surface area contributed by atoms with Gasteiger partial charge in [-0.3, -0.25) is 4.79 Å². The molecule has 1 N–H and O–H groups in total. The molecule has 1 unspecified atom stereocenters. The van der Waals surface area contributed by atoms with Crippen LogP contribution in [0, 0.1) is 5.92 Å². The molecule has 0 fully saturated rings. The normalized spacial score (nSPS) is 11.7. The van der Waals surface area contributed by atoms with Gasteiger partial charge in [-0.05, 0) is 30.2 Å². The van der Waals surface area contributed by atoms with Crippen molar-refractivity contribution >= 4 is 11.7 Å². The van der Waals surface area contributed by atoms with E-state index in [2.05, 4.69) is 29.6 Å². The van der Waals surface area contributed by atoms with E-state index in [1.165, 1.54) is 11.1 Å². The SMILES string of the molecule is CCOC(=O)C(C)CNc1ccc(-c2ccccc2)cc1. The molecule has 0 spiro atoms. The third-order valence-electron chi connectivity index (χ3n) is 3.29. The average Bonchev–Trinajstić information content (AvgIpc) is 2.54. The van der Waals surface area contributed by atoms with Crippen molar-refractivity contribution in [2.45, 2.75) is 13.8 Å². The third-order valence-corrected chi connectivity index (χ3v) is 3.29. The van der Waals surface area contributed by atoms with E-state index < -0.39 is 0 Å². The summed E-state index contributed by atoms with van der Waals surface area (Å²) in [6.07, 6.45) is 0. The smallest absolute Gasteiger partial charge is 0.310 e. The van der Waals surface area contributed by atoms with E-state index in [0.29, 0.717) is 13.2 Å². The number of carbonyl (C=O) groups is 1. The van der Waals surface area contributed by atoms with Crippen LogP contribution in [0.1, 0.15) is 13.8 Å². The Morgan fingerprint density at radius 1 is 1.05 bits per heavy atom. The first-order valence-corrected chi connectivity index (χ1v) is 7.26. The maximum Gasteiger partial charge on any atom is 0.310 e. The van der Waals surface area contributed by atoms with E-state index in [1.54, 1.807) is 0 Å². The van der Waals surface area contributed by atoms with Gasteiger partial charge in [-0.2, -0.15) is 0 Å². The summed E-state index contributed by atoms with van der Waals surface area (Å²) < 4.78 is 4.99. The van der Waals surface area contributed by atoms with Gasteiger partial charge in [0.15, 0.2) is 0 Å². The van der Waals surface area contributed by atoms with Gasteiger partial charge >= 0.3 is 5.97 Å². The molecule has 0 radical (unpaired) electrons. The molecule has 0 aliphatic carbocycles. The fraction of sp³-hybridized carbons (Fsp3) is 0.278. The molecule has 21 heavy (non-hydrogen) atoms. The number of nitrogens with one attached hydrogen (secondary N) is 1. The summed E-state index contributed by atoms with van der Waals surface area (Å²) in [6, 6.07) is 18.5. The van der Waals surface area contributed by atoms with Crippen molar-refractivity contribution in [3.63, 3.8) is 0 Å². The maximum atomic E-state index is 11.5. The lowest BCUT2D eigenvalue weighted by molar-refractivity contribution is -0.146. The molecule has 3 nitrogen and oxygen atoms in total. The van der Waals surface area contributed by atoms with E-state index in [9.17, 15) is 4.79 Å². The molecule has 0 amide bonds. The molecule has 0 saturated carbocycles. The van der Waals surface area contributed by atoms with Crippen LogP contribution in [0.5, 0.6) is 0 Å². The Bertz CT molecular complexity index is 564. The number of esters is 1. The largest absolute Gasteiger partial charge is 0.466 e. The first-order chi connectivity index (χ1) is 10.2. The van der Waals surface area contributed by atoms with Gasteiger partial charge in [0.2, 0.25) is 0 Å². The van der Waals surface area contributed by atoms with Crippen LogP contribution in [0.15, 0.2) is 54.6 Å². The predicted molar refractivity (Wildman–Crippen MR) is 86.2 cm³/mol. The Balaban J connectivity index is 1.93. The molecule has 0 heterocycles. The summed E-state index contributed by atoms with van der Waals surface area (Å²) in [5, 5.41) is 3.26. The number of ether oxygens (including phenoxy) is 1. The molecule has 110 valence electrons. The molecule has 3 heteroatoms. The number of hydrogen-bond donors (Lipinski definition) is 1. The highest BCUT2D eigenvalue weighted by Crippen LogP contribution is 2.21. The van der Waals surface area contributed by atoms with E-state index in [1.807, 2.05) is 44.2 Å². The van der Waals surface area contributed by atoms with Crippen LogP contribution >= 0.6 is 0 Å². The van der Waals surface area contributed by atoms with E-state index in [4.69, 9.17) is 4.74 Å². The number of rotatable bonds is 6. The first-order valence-electron chi connectivity index (χ1n) is 7.26. The Morgan fingerprint density at radius 3 is 2.29 bits per heavy atom. The van der Waals surface area contributed by atoms with E-state index in [-0.39, 0.29) is 11.9 Å². The minimum atomic E-state index is -0.161. The highest BCUT2D eigenvalue weighted by molar-refractivity contribution is 5.73. The molecule has 0 aliphatic heterocycles. The topological polar surface area (TPSA) is 38.3 Å². The second-order valence-corrected chi connectivity index (χ2v) is 4.98. The zero-order valence-electron chi connectivity index (χ0n) is 12.5. The van der Waals surface area contributed by atoms with Crippen LogP contribution in [-0.2, 0) is 9.53 Å². The van der Waals surface area contributed by atoms with Crippen molar-refractivity contribution in [1.29, 1.82) is 0 Å². The van der Waals surface area contributed by atoms with Crippen molar-refractivity contribution in [2.24, 2.45) is 5.92 Å². The highest BCUT2D eigenvalue weighted by Gasteiger charge is 2.13. The first kappa shape index (κ1) is 15.1. The van der Waals surface area contributed by atoms with Gasteiger partial charge in [-0.15, -0.1) is 0 Å². The molecular formula is C18H21NO2. The van der Waals surface area contributed by atoms with Crippen LogP contribution in [0.3, 0.4) is 0 Å². The molecule has 0 aliphatic rings. The summed E-state index contributed by atoms with van der Waals surface area (Å²) >= 11 is 0. The average molecular weight is 283 g/mol. The van der Waals surface area contributed by atoms with Crippen molar-refractivity contribution in [3.8, 4) is 11.1 Å². The van der Waals surface area contributed by atoms with Gasteiger partial charge in [0.05, 0.1) is 12.5 Å². The minimum absolute atomic E-state index is 0.154. The van der Waals surface area contributed by atoms with Crippen LogP contribution in [0.4, 0.5) is 5.69 Å². The Kier molecular flexibility index (Phi) is 5.38. The molecule has 0 saturated heterocycles. The van der Waals surface area contributed by atoms with Crippen molar-refractivity contribution in [1.82, 2.24) is 0 Å². The number of carbonyl (C=O) groups excluding carboxylic acids is 1. The predicted octanol–water partition coefficient (Wildman–Crippen LogP) is 3.96. The Labute approximate surface area is 126 Å². The summed E-state index contributed by atoms with van der Waals surface area (Å²) in [5.74, 6) is -0.315. The van der Waals surface area contributed by atoms with Gasteiger partial charge in [-0.1, -0.05) is 49.4 Å². The number of hydrogen-bond acceptors (Lipinski definition) is 3. The zero-order chi connectivity index (χ0) is 15.1. The quantitative estimate of drug-likeness (QED) is 0.815. The van der Waals surface area contributed by atoms with Gasteiger partial charge in [-0.25, -0.2) is 0 Å². The summed E-state index contributed by atoms with van der Waals surface area (Å²) in [4.78, 5) is 11.5. The van der Waals surface area contributed by atoms with Gasteiger partial charge in [0, 0.05) is 12.2 Å². The lowest BCUT2D eigenvalue weighted by Crippen LogP contribution is -2.22. The molecule has 0 aromatic heterocycles. The van der Waals surface area contributed by atoms with Crippen molar-refractivity contribution in [2.75, 3.05) is 18.5 Å². The van der Waals surface area contributed by atoms with Crippen molar-refractivity contribution < 1.29 is 9.53 Å². The molecule has 2 aromatic carbocycles. The van der Waals surface area contributed by atoms with Crippen LogP contribution in [0.2, 0.25) is 0 Å². The summed E-state index contributed by atoms with van der Waals surface area (Å²) in [7, 11) is 0. The summed E-state index contributed by atoms with van der Waals surface area (Å²) in [6.45, 7) is 4.68. The molecule has 1 atom stereocenters. The van der Waals surface area contributed by atoms with Crippen molar-refractivity contribution in [3.05, 3.63) is 54.6 Å². The Hall–Kier alpha value is -2.29. The van der Waals surface area contributed by atoms with Gasteiger partial charge in [0.1, 0.15) is 0 Å². The fourth-order valence-electron chi connectivity index (χ4n) is 2.05. The van der Waals surface area contributed by atoms with E-state index in [0.717, 1.165) is 5.69 Å². The molecule has 0 bridgehead atoms. The van der Waals surface area contributed by atoms with Crippen LogP contribution < -0.4 is 5.32 Å². The Morgan fingerprint density at radius 2 is 1.67 bits per heavy atom. The van der Waals surface area contributed by atoms with Gasteiger partial charge < -0.3 is 10.1 Å². The van der Waals surface area contributed by atoms with E-state index >= 15 is 0 Å². The lowest BCUT2D eigenvalue weighted by Gasteiger charge is -2.13. The number of anilines is 1. The highest BCUT2D eigenvalue weighted by atomic mass is 16.5. The maximum absolute atomic E-state index is 11.5. The molecule has 2 aromatic rings. The number of benzene rings is 2. The lowest BCUT2D eigenvalue weighted by atomic mass is 10.1. The fourth-order valence-corrected chi connectivity index (χ4v) is 2.05. The monoisotopic (exact) mass is 283 g/mol. The second-order valence-electron chi connectivity index (χ2n) is 4.98. The summed E-state index contributed by atoms with van der Waals surface area (Å²) in [5.41, 5.74) is 3.38. The van der Waals surface area contributed by atoms with Gasteiger partial charge in [0.25, 0.3) is 0 Å². The van der Waals surface area contributed by atoms with Crippen LogP contribution in [-0.4, -0.2) is 19.1 Å². The molecule has 2 rings (SSSR count). The minimum Gasteiger partial charge on any atom is -0.466 e. The second kappa shape index (κ2) is 7.48. The molecular weight excluding hydrogens is 262 g/mol. The third kappa shape index (κ3) is 4.35. The zero-order valence-corrected chi connectivity index (χ0v) is 12.5. The van der Waals surface area contributed by atoms with Crippen LogP contribution in [0.25, 0.3) is 11.1 Å². The standard InChI is InChI=1S/C18H21NO2/c1-3-21-18(20)14(2)13-19-17-11-9-16(10-12-17)15-7-5-4-6-8-15/h4-12,14,19H,3,13H2,1-2H3.